The van der Waals surface area contributed by atoms with E-state index in [1.54, 1.807) is 7.05 Å². The van der Waals surface area contributed by atoms with Crippen molar-refractivity contribution in [2.24, 2.45) is 4.99 Å². The summed E-state index contributed by atoms with van der Waals surface area (Å²) in [5.41, 5.74) is 2.34. The molecule has 0 aliphatic rings. The van der Waals surface area contributed by atoms with Crippen LogP contribution in [-0.4, -0.2) is 24.7 Å². The average molecular weight is 314 g/mol. The van der Waals surface area contributed by atoms with Crippen LogP contribution in [0.2, 0.25) is 0 Å². The Morgan fingerprint density at radius 3 is 2.65 bits per heavy atom. The summed E-state index contributed by atoms with van der Waals surface area (Å²) in [6.45, 7) is 5.66. The highest BCUT2D eigenvalue weighted by Gasteiger charge is 2.08. The zero-order chi connectivity index (χ0) is 16.5. The molecule has 0 bridgehead atoms. The quantitative estimate of drug-likeness (QED) is 0.468. The Morgan fingerprint density at radius 1 is 1.22 bits per heavy atom. The molecular formula is C18H26N4O. The molecule has 23 heavy (non-hydrogen) atoms. The lowest BCUT2D eigenvalue weighted by Gasteiger charge is -2.10. The highest BCUT2D eigenvalue weighted by molar-refractivity contribution is 5.79. The number of nitrogens with one attached hydrogen (secondary N) is 2. The van der Waals surface area contributed by atoms with Crippen molar-refractivity contribution in [2.75, 3.05) is 13.6 Å². The minimum atomic E-state index is 0.378. The Bertz CT molecular complexity index is 604. The van der Waals surface area contributed by atoms with Gasteiger partial charge in [-0.05, 0) is 24.3 Å². The number of aliphatic imine (C=N–C) groups is 1. The van der Waals surface area contributed by atoms with Gasteiger partial charge in [-0.3, -0.25) is 4.99 Å². The van der Waals surface area contributed by atoms with Crippen molar-refractivity contribution < 1.29 is 4.52 Å². The third kappa shape index (κ3) is 5.77. The fraction of sp³-hybridized carbons (Fsp3) is 0.444. The third-order valence-electron chi connectivity index (χ3n) is 3.60. The van der Waals surface area contributed by atoms with Crippen molar-refractivity contribution in [3.05, 3.63) is 53.4 Å². The fourth-order valence-corrected chi connectivity index (χ4v) is 2.22. The van der Waals surface area contributed by atoms with Crippen molar-refractivity contribution >= 4 is 5.96 Å². The van der Waals surface area contributed by atoms with E-state index in [1.807, 2.05) is 12.1 Å². The van der Waals surface area contributed by atoms with Gasteiger partial charge < -0.3 is 15.2 Å². The number of nitrogens with zero attached hydrogens (tertiary/aromatic N) is 2. The van der Waals surface area contributed by atoms with E-state index in [0.29, 0.717) is 12.5 Å². The molecule has 2 aromatic rings. The van der Waals surface area contributed by atoms with Crippen LogP contribution in [0.15, 0.2) is 45.9 Å². The van der Waals surface area contributed by atoms with Crippen LogP contribution in [0.5, 0.6) is 0 Å². The molecule has 1 heterocycles. The molecule has 1 aromatic heterocycles. The monoisotopic (exact) mass is 314 g/mol. The van der Waals surface area contributed by atoms with Gasteiger partial charge in [-0.1, -0.05) is 49.3 Å². The summed E-state index contributed by atoms with van der Waals surface area (Å²) in [7, 11) is 1.77. The van der Waals surface area contributed by atoms with E-state index in [4.69, 9.17) is 4.52 Å². The number of benzene rings is 1. The molecule has 0 aliphatic carbocycles. The second kappa shape index (κ2) is 8.98. The lowest BCUT2D eigenvalue weighted by molar-refractivity contribution is 0.372. The molecule has 2 N–H and O–H groups in total. The minimum absolute atomic E-state index is 0.378. The van der Waals surface area contributed by atoms with Crippen LogP contribution in [0.1, 0.15) is 43.2 Å². The lowest BCUT2D eigenvalue weighted by Crippen LogP contribution is -2.37. The largest absolute Gasteiger partial charge is 0.359 e. The van der Waals surface area contributed by atoms with Gasteiger partial charge in [0.15, 0.2) is 11.7 Å². The van der Waals surface area contributed by atoms with E-state index in [0.717, 1.165) is 36.8 Å². The summed E-state index contributed by atoms with van der Waals surface area (Å²) >= 11 is 0. The normalized spacial score (nSPS) is 11.7. The molecular weight excluding hydrogens is 288 g/mol. The van der Waals surface area contributed by atoms with Gasteiger partial charge in [0.2, 0.25) is 0 Å². The van der Waals surface area contributed by atoms with Crippen molar-refractivity contribution in [3.63, 3.8) is 0 Å². The summed E-state index contributed by atoms with van der Waals surface area (Å²) in [5.74, 6) is 1.98. The van der Waals surface area contributed by atoms with Crippen LogP contribution >= 0.6 is 0 Å². The number of guanidine groups is 1. The van der Waals surface area contributed by atoms with Crippen molar-refractivity contribution in [2.45, 2.75) is 39.2 Å². The van der Waals surface area contributed by atoms with Crippen LogP contribution in [0.4, 0.5) is 0 Å². The van der Waals surface area contributed by atoms with Crippen molar-refractivity contribution in [1.29, 1.82) is 0 Å². The van der Waals surface area contributed by atoms with Gasteiger partial charge in [0, 0.05) is 19.7 Å². The zero-order valence-corrected chi connectivity index (χ0v) is 14.2. The standard InChI is InChI=1S/C18H26N4O/c1-14(2)17-12-16(23-22-17)13-21-18(19-3)20-11-7-10-15-8-5-4-6-9-15/h4-6,8-9,12,14H,7,10-11,13H2,1-3H3,(H2,19,20,21). The first-order valence-electron chi connectivity index (χ1n) is 8.13. The van der Waals surface area contributed by atoms with E-state index in [2.05, 4.69) is 58.9 Å². The minimum Gasteiger partial charge on any atom is -0.359 e. The molecule has 0 saturated carbocycles. The van der Waals surface area contributed by atoms with Gasteiger partial charge in [0.25, 0.3) is 0 Å². The number of aryl methyl sites for hydroxylation is 1. The molecule has 0 atom stereocenters. The number of hydrogen-bond acceptors (Lipinski definition) is 3. The number of hydrogen-bond donors (Lipinski definition) is 2. The molecule has 5 heteroatoms. The summed E-state index contributed by atoms with van der Waals surface area (Å²) in [6, 6.07) is 12.5. The van der Waals surface area contributed by atoms with Gasteiger partial charge in [-0.2, -0.15) is 0 Å². The van der Waals surface area contributed by atoms with Gasteiger partial charge in [0.1, 0.15) is 0 Å². The van der Waals surface area contributed by atoms with E-state index in [1.165, 1.54) is 5.56 Å². The highest BCUT2D eigenvalue weighted by Crippen LogP contribution is 2.13. The van der Waals surface area contributed by atoms with E-state index in [9.17, 15) is 0 Å². The van der Waals surface area contributed by atoms with Gasteiger partial charge in [0.05, 0.1) is 12.2 Å². The molecule has 0 aliphatic heterocycles. The topological polar surface area (TPSA) is 62.5 Å². The summed E-state index contributed by atoms with van der Waals surface area (Å²) in [6.07, 6.45) is 2.12. The molecule has 0 fully saturated rings. The zero-order valence-electron chi connectivity index (χ0n) is 14.2. The van der Waals surface area contributed by atoms with E-state index in [-0.39, 0.29) is 0 Å². The van der Waals surface area contributed by atoms with E-state index >= 15 is 0 Å². The molecule has 0 amide bonds. The fourth-order valence-electron chi connectivity index (χ4n) is 2.22. The average Bonchev–Trinajstić information content (AvgIpc) is 3.04. The number of aromatic nitrogens is 1. The maximum absolute atomic E-state index is 5.31. The van der Waals surface area contributed by atoms with Crippen LogP contribution in [-0.2, 0) is 13.0 Å². The molecule has 5 nitrogen and oxygen atoms in total. The maximum atomic E-state index is 5.31. The predicted molar refractivity (Wildman–Crippen MR) is 93.6 cm³/mol. The Balaban J connectivity index is 1.69. The summed E-state index contributed by atoms with van der Waals surface area (Å²) in [4.78, 5) is 4.22. The first kappa shape index (κ1) is 17.1. The SMILES string of the molecule is CN=C(NCCCc1ccccc1)NCc1cc(C(C)C)no1. The molecule has 0 spiro atoms. The second-order valence-corrected chi connectivity index (χ2v) is 5.81. The molecule has 2 rings (SSSR count). The number of rotatable bonds is 7. The molecule has 124 valence electrons. The van der Waals surface area contributed by atoms with Crippen LogP contribution in [0.3, 0.4) is 0 Å². The third-order valence-corrected chi connectivity index (χ3v) is 3.60. The Morgan fingerprint density at radius 2 is 2.00 bits per heavy atom. The van der Waals surface area contributed by atoms with Crippen molar-refractivity contribution in [3.8, 4) is 0 Å². The van der Waals surface area contributed by atoms with Gasteiger partial charge >= 0.3 is 0 Å². The molecule has 1 aromatic carbocycles. The molecule has 0 unspecified atom stereocenters. The lowest BCUT2D eigenvalue weighted by atomic mass is 10.1. The highest BCUT2D eigenvalue weighted by atomic mass is 16.5. The van der Waals surface area contributed by atoms with E-state index < -0.39 is 0 Å². The van der Waals surface area contributed by atoms with Crippen LogP contribution < -0.4 is 10.6 Å². The smallest absolute Gasteiger partial charge is 0.191 e. The maximum Gasteiger partial charge on any atom is 0.191 e. The Hall–Kier alpha value is -2.30. The molecule has 0 radical (unpaired) electrons. The van der Waals surface area contributed by atoms with Crippen LogP contribution in [0.25, 0.3) is 0 Å². The predicted octanol–water partition coefficient (Wildman–Crippen LogP) is 3.10. The summed E-state index contributed by atoms with van der Waals surface area (Å²) in [5, 5.41) is 10.6. The van der Waals surface area contributed by atoms with Gasteiger partial charge in [-0.15, -0.1) is 0 Å². The Kier molecular flexibility index (Phi) is 6.66. The second-order valence-electron chi connectivity index (χ2n) is 5.81. The first-order valence-corrected chi connectivity index (χ1v) is 8.13. The first-order chi connectivity index (χ1) is 11.2. The van der Waals surface area contributed by atoms with Crippen molar-refractivity contribution in [1.82, 2.24) is 15.8 Å². The molecule has 0 saturated heterocycles. The summed E-state index contributed by atoms with van der Waals surface area (Å²) < 4.78 is 5.31. The Labute approximate surface area is 138 Å². The van der Waals surface area contributed by atoms with Crippen LogP contribution in [0, 0.1) is 0 Å². The van der Waals surface area contributed by atoms with Gasteiger partial charge in [-0.25, -0.2) is 0 Å².